The predicted molar refractivity (Wildman–Crippen MR) is 100 cm³/mol. The summed E-state index contributed by atoms with van der Waals surface area (Å²) in [5, 5.41) is 15.2. The van der Waals surface area contributed by atoms with Gasteiger partial charge >= 0.3 is 0 Å². The monoisotopic (exact) mass is 351 g/mol. The van der Waals surface area contributed by atoms with Crippen molar-refractivity contribution < 1.29 is 4.74 Å². The van der Waals surface area contributed by atoms with E-state index in [2.05, 4.69) is 58.0 Å². The van der Waals surface area contributed by atoms with Crippen LogP contribution >= 0.6 is 0 Å². The van der Waals surface area contributed by atoms with Crippen molar-refractivity contribution in [3.05, 3.63) is 59.5 Å². The molecule has 6 nitrogen and oxygen atoms in total. The third-order valence-electron chi connectivity index (χ3n) is 5.01. The molecule has 0 radical (unpaired) electrons. The molecule has 3 heterocycles. The molecular formula is C20H25N5O. The van der Waals surface area contributed by atoms with E-state index in [-0.39, 0.29) is 6.10 Å². The van der Waals surface area contributed by atoms with E-state index in [1.165, 1.54) is 22.3 Å². The molecule has 4 rings (SSSR count). The summed E-state index contributed by atoms with van der Waals surface area (Å²) in [6, 6.07) is 8.49. The first-order chi connectivity index (χ1) is 12.7. The Morgan fingerprint density at radius 3 is 3.08 bits per heavy atom. The maximum Gasteiger partial charge on any atom is 0.0896 e. The average molecular weight is 351 g/mol. The fourth-order valence-corrected chi connectivity index (χ4v) is 3.69. The molecule has 2 aromatic heterocycles. The highest BCUT2D eigenvalue weighted by atomic mass is 16.5. The number of nitrogens with zero attached hydrogens (tertiary/aromatic N) is 3. The van der Waals surface area contributed by atoms with Crippen LogP contribution in [0.5, 0.6) is 0 Å². The number of H-pyrrole nitrogens is 1. The molecule has 0 bridgehead atoms. The highest BCUT2D eigenvalue weighted by molar-refractivity contribution is 5.63. The lowest BCUT2D eigenvalue weighted by atomic mass is 9.97. The first-order valence-corrected chi connectivity index (χ1v) is 9.11. The molecule has 1 fully saturated rings. The van der Waals surface area contributed by atoms with E-state index in [1.54, 1.807) is 0 Å². The number of aromatic nitrogens is 4. The Morgan fingerprint density at radius 2 is 2.27 bits per heavy atom. The van der Waals surface area contributed by atoms with E-state index in [1.807, 2.05) is 24.1 Å². The van der Waals surface area contributed by atoms with Gasteiger partial charge in [-0.25, -0.2) is 0 Å². The number of hydrogen-bond donors (Lipinski definition) is 2. The maximum atomic E-state index is 5.95. The number of hydrogen-bond acceptors (Lipinski definition) is 4. The lowest BCUT2D eigenvalue weighted by Gasteiger charge is -2.18. The van der Waals surface area contributed by atoms with Crippen LogP contribution in [0.4, 0.5) is 0 Å². The Hall–Kier alpha value is -2.44. The van der Waals surface area contributed by atoms with Crippen molar-refractivity contribution in [2.45, 2.75) is 26.0 Å². The zero-order valence-corrected chi connectivity index (χ0v) is 15.3. The van der Waals surface area contributed by atoms with Gasteiger partial charge in [0.15, 0.2) is 0 Å². The van der Waals surface area contributed by atoms with E-state index in [4.69, 9.17) is 4.74 Å². The minimum Gasteiger partial charge on any atom is -0.373 e. The van der Waals surface area contributed by atoms with Crippen molar-refractivity contribution in [1.29, 1.82) is 0 Å². The normalized spacial score (nSPS) is 19.9. The first kappa shape index (κ1) is 17.0. The van der Waals surface area contributed by atoms with Gasteiger partial charge in [-0.1, -0.05) is 23.8 Å². The fourth-order valence-electron chi connectivity index (χ4n) is 3.69. The maximum absolute atomic E-state index is 5.95. The third-order valence-corrected chi connectivity index (χ3v) is 5.01. The molecule has 1 aliphatic rings. The highest BCUT2D eigenvalue weighted by Crippen LogP contribution is 2.33. The summed E-state index contributed by atoms with van der Waals surface area (Å²) in [4.78, 5) is 0. The highest BCUT2D eigenvalue weighted by Gasteiger charge is 2.30. The second kappa shape index (κ2) is 7.43. The van der Waals surface area contributed by atoms with Gasteiger partial charge in [0.1, 0.15) is 0 Å². The smallest absolute Gasteiger partial charge is 0.0896 e. The topological polar surface area (TPSA) is 67.8 Å². The molecule has 6 heteroatoms. The van der Waals surface area contributed by atoms with E-state index >= 15 is 0 Å². The van der Waals surface area contributed by atoms with E-state index in [0.717, 1.165) is 31.8 Å². The van der Waals surface area contributed by atoms with Gasteiger partial charge in [-0.2, -0.15) is 10.2 Å². The van der Waals surface area contributed by atoms with Crippen LogP contribution in [-0.2, 0) is 18.3 Å². The van der Waals surface area contributed by atoms with Gasteiger partial charge in [0.2, 0.25) is 0 Å². The molecular weight excluding hydrogens is 326 g/mol. The van der Waals surface area contributed by atoms with E-state index in [9.17, 15) is 0 Å². The van der Waals surface area contributed by atoms with Crippen LogP contribution < -0.4 is 5.32 Å². The zero-order chi connectivity index (χ0) is 17.9. The van der Waals surface area contributed by atoms with Crippen LogP contribution in [0.1, 0.15) is 29.2 Å². The van der Waals surface area contributed by atoms with Gasteiger partial charge in [0.25, 0.3) is 0 Å². The lowest BCUT2D eigenvalue weighted by Crippen LogP contribution is -2.24. The van der Waals surface area contributed by atoms with Crippen molar-refractivity contribution >= 4 is 0 Å². The summed E-state index contributed by atoms with van der Waals surface area (Å²) in [5.74, 6) is 0.466. The first-order valence-electron chi connectivity index (χ1n) is 9.11. The van der Waals surface area contributed by atoms with Crippen molar-refractivity contribution in [1.82, 2.24) is 25.3 Å². The quantitative estimate of drug-likeness (QED) is 0.716. The molecule has 0 spiro atoms. The fraction of sp³-hybridized carbons (Fsp3) is 0.400. The molecule has 136 valence electrons. The largest absolute Gasteiger partial charge is 0.373 e. The van der Waals surface area contributed by atoms with Gasteiger partial charge in [-0.15, -0.1) is 0 Å². The Bertz CT molecular complexity index is 868. The number of benzene rings is 1. The van der Waals surface area contributed by atoms with Crippen molar-refractivity contribution in [3.8, 4) is 11.3 Å². The van der Waals surface area contributed by atoms with Gasteiger partial charge in [-0.05, 0) is 19.4 Å². The lowest BCUT2D eigenvalue weighted by molar-refractivity contribution is 0.0904. The second-order valence-corrected chi connectivity index (χ2v) is 7.06. The molecule has 0 aliphatic carbocycles. The third kappa shape index (κ3) is 3.57. The molecule has 0 unspecified atom stereocenters. The summed E-state index contributed by atoms with van der Waals surface area (Å²) < 4.78 is 7.78. The van der Waals surface area contributed by atoms with Crippen molar-refractivity contribution in [2.75, 3.05) is 13.2 Å². The van der Waals surface area contributed by atoms with Gasteiger partial charge in [0.05, 0.1) is 24.2 Å². The molecule has 1 aliphatic heterocycles. The summed E-state index contributed by atoms with van der Waals surface area (Å²) >= 11 is 0. The number of rotatable bonds is 6. The Labute approximate surface area is 153 Å². The van der Waals surface area contributed by atoms with Crippen molar-refractivity contribution in [3.63, 3.8) is 0 Å². The average Bonchev–Trinajstić information content (AvgIpc) is 3.35. The molecule has 0 amide bonds. The minimum atomic E-state index is 0.136. The molecule has 3 aromatic rings. The summed E-state index contributed by atoms with van der Waals surface area (Å²) in [6.07, 6.45) is 7.08. The number of nitrogens with one attached hydrogen (secondary N) is 2. The summed E-state index contributed by atoms with van der Waals surface area (Å²) in [7, 11) is 1.94. The van der Waals surface area contributed by atoms with Gasteiger partial charge < -0.3 is 10.1 Å². The molecule has 0 saturated carbocycles. The van der Waals surface area contributed by atoms with Gasteiger partial charge in [-0.3, -0.25) is 9.78 Å². The van der Waals surface area contributed by atoms with Crippen LogP contribution in [0.3, 0.4) is 0 Å². The summed E-state index contributed by atoms with van der Waals surface area (Å²) in [6.45, 7) is 4.62. The number of aryl methyl sites for hydroxylation is 2. The molecule has 1 saturated heterocycles. The van der Waals surface area contributed by atoms with Crippen LogP contribution in [0.25, 0.3) is 11.3 Å². The summed E-state index contributed by atoms with van der Waals surface area (Å²) in [5.41, 5.74) is 5.87. The van der Waals surface area contributed by atoms with Crippen LogP contribution in [0.2, 0.25) is 0 Å². The van der Waals surface area contributed by atoms with Crippen LogP contribution in [-0.4, -0.2) is 33.1 Å². The SMILES string of the molecule is Cc1cccc(-c2[nH]ncc2CNC[C@@H]2CCO[C@H]2c2cnn(C)c2)c1. The molecule has 2 atom stereocenters. The predicted octanol–water partition coefficient (Wildman–Crippen LogP) is 2.99. The van der Waals surface area contributed by atoms with E-state index < -0.39 is 0 Å². The number of ether oxygens (including phenoxy) is 1. The van der Waals surface area contributed by atoms with Crippen molar-refractivity contribution in [2.24, 2.45) is 13.0 Å². The standard InChI is InChI=1S/C20H25N5O/c1-14-4-3-5-15(8-14)19-17(11-22-24-19)10-21-9-16-6-7-26-20(16)18-12-23-25(2)13-18/h3-5,8,11-13,16,20-21H,6-7,9-10H2,1-2H3,(H,22,24)/t16-,20+/m0/s1. The second-order valence-electron chi connectivity index (χ2n) is 7.06. The zero-order valence-electron chi connectivity index (χ0n) is 15.3. The Kier molecular flexibility index (Phi) is 4.86. The van der Waals surface area contributed by atoms with E-state index in [0.29, 0.717) is 5.92 Å². The number of aromatic amines is 1. The van der Waals surface area contributed by atoms with Gasteiger partial charge in [0, 0.05) is 55.5 Å². The minimum absolute atomic E-state index is 0.136. The van der Waals surface area contributed by atoms with Crippen LogP contribution in [0, 0.1) is 12.8 Å². The molecule has 1 aromatic carbocycles. The molecule has 26 heavy (non-hydrogen) atoms. The Balaban J connectivity index is 1.39. The van der Waals surface area contributed by atoms with Crippen LogP contribution in [0.15, 0.2) is 42.9 Å². The molecule has 2 N–H and O–H groups in total. The Morgan fingerprint density at radius 1 is 1.35 bits per heavy atom.